The van der Waals surface area contributed by atoms with Gasteiger partial charge >= 0.3 is 5.97 Å². The monoisotopic (exact) mass is 640 g/mol. The van der Waals surface area contributed by atoms with Gasteiger partial charge in [-0.1, -0.05) is 41.5 Å². The van der Waals surface area contributed by atoms with Crippen molar-refractivity contribution in [1.82, 2.24) is 0 Å². The van der Waals surface area contributed by atoms with Crippen LogP contribution in [-0.4, -0.2) is 145 Å². The maximum absolute atomic E-state index is 12.6. The molecule has 0 fully saturated rings. The molecule has 0 aliphatic carbocycles. The molecule has 0 bridgehead atoms. The van der Waals surface area contributed by atoms with E-state index in [1.165, 1.54) is 0 Å². The molecule has 0 spiro atoms. The minimum absolute atomic E-state index is 0.0582. The Labute approximate surface area is 266 Å². The summed E-state index contributed by atoms with van der Waals surface area (Å²) < 4.78 is 59.4. The fourth-order valence-corrected chi connectivity index (χ4v) is 3.66. The molecule has 44 heavy (non-hydrogen) atoms. The average Bonchev–Trinajstić information content (AvgIpc) is 2.95. The van der Waals surface area contributed by atoms with Gasteiger partial charge in [0.15, 0.2) is 0 Å². The van der Waals surface area contributed by atoms with Gasteiger partial charge in [0.2, 0.25) is 0 Å². The molecule has 0 aromatic heterocycles. The zero-order valence-corrected chi connectivity index (χ0v) is 28.8. The van der Waals surface area contributed by atoms with E-state index in [4.69, 9.17) is 52.1 Å². The molecule has 0 amide bonds. The Kier molecular flexibility index (Phi) is 28.8. The van der Waals surface area contributed by atoms with Gasteiger partial charge in [0.05, 0.1) is 131 Å². The topological polar surface area (TPSA) is 119 Å². The van der Waals surface area contributed by atoms with Gasteiger partial charge in [-0.05, 0) is 17.3 Å². The number of carbonyl (C=O) groups excluding carboxylic acids is 1. The zero-order chi connectivity index (χ0) is 32.8. The molecule has 12 nitrogen and oxygen atoms in total. The number of hydrogen-bond donors (Lipinski definition) is 0. The summed E-state index contributed by atoms with van der Waals surface area (Å²) in [5, 5.41) is 0. The highest BCUT2D eigenvalue weighted by atomic mass is 16.6. The molecular formula is C32H64O12. The first-order valence-electron chi connectivity index (χ1n) is 15.9. The molecule has 12 heteroatoms. The second-order valence-electron chi connectivity index (χ2n) is 12.4. The van der Waals surface area contributed by atoms with Gasteiger partial charge in [0, 0.05) is 7.11 Å². The minimum atomic E-state index is -0.154. The summed E-state index contributed by atoms with van der Waals surface area (Å²) in [6, 6.07) is 0. The van der Waals surface area contributed by atoms with E-state index in [0.717, 1.165) is 6.42 Å². The van der Waals surface area contributed by atoms with Gasteiger partial charge in [0.1, 0.15) is 6.61 Å². The molecule has 0 aromatic rings. The lowest BCUT2D eigenvalue weighted by molar-refractivity contribution is -0.155. The van der Waals surface area contributed by atoms with Crippen LogP contribution in [-0.2, 0) is 56.9 Å². The molecule has 0 aromatic carbocycles. The van der Waals surface area contributed by atoms with Crippen LogP contribution in [0.15, 0.2) is 0 Å². The van der Waals surface area contributed by atoms with Gasteiger partial charge < -0.3 is 52.1 Å². The number of methoxy groups -OCH3 is 1. The Morgan fingerprint density at radius 3 is 0.909 bits per heavy atom. The Balaban J connectivity index is 3.31. The molecule has 0 rings (SSSR count). The van der Waals surface area contributed by atoms with E-state index in [2.05, 4.69) is 41.5 Å². The van der Waals surface area contributed by atoms with Crippen molar-refractivity contribution >= 4 is 5.97 Å². The van der Waals surface area contributed by atoms with Crippen LogP contribution in [0.25, 0.3) is 0 Å². The standard InChI is InChI=1S/C32H64O12/c1-31(2,3)28-29(32(4,5)6)30(33)44-27-26-43-25-24-42-23-22-41-21-20-40-19-18-39-17-16-38-15-14-37-13-12-36-11-10-35-9-8-34-7/h29H,8-28H2,1-7H3. The fourth-order valence-electron chi connectivity index (χ4n) is 3.66. The van der Waals surface area contributed by atoms with Gasteiger partial charge in [-0.3, -0.25) is 4.79 Å². The van der Waals surface area contributed by atoms with Crippen molar-refractivity contribution in [1.29, 1.82) is 0 Å². The van der Waals surface area contributed by atoms with Crippen molar-refractivity contribution in [2.75, 3.05) is 139 Å². The van der Waals surface area contributed by atoms with E-state index in [-0.39, 0.29) is 29.3 Å². The highest BCUT2D eigenvalue weighted by Crippen LogP contribution is 2.36. The third-order valence-electron chi connectivity index (χ3n) is 6.03. The molecule has 1 atom stereocenters. The van der Waals surface area contributed by atoms with Gasteiger partial charge in [-0.2, -0.15) is 0 Å². The SMILES string of the molecule is COCCOCCOCCOCCOCCOCCOCCOCCOCCOCCOC(=O)C(CC(C)(C)C)C(C)(C)C. The molecule has 0 N–H and O–H groups in total. The summed E-state index contributed by atoms with van der Waals surface area (Å²) in [7, 11) is 1.64. The van der Waals surface area contributed by atoms with E-state index in [0.29, 0.717) is 126 Å². The number of rotatable bonds is 32. The molecule has 1 unspecified atom stereocenters. The first-order valence-corrected chi connectivity index (χ1v) is 15.9. The summed E-state index contributed by atoms with van der Waals surface area (Å²) in [5.41, 5.74) is -0.0876. The Bertz CT molecular complexity index is 621. The minimum Gasteiger partial charge on any atom is -0.463 e. The summed E-state index contributed by atoms with van der Waals surface area (Å²) in [4.78, 5) is 12.6. The van der Waals surface area contributed by atoms with Crippen LogP contribution in [0.4, 0.5) is 0 Å². The molecule has 0 radical (unpaired) electrons. The van der Waals surface area contributed by atoms with E-state index in [1.54, 1.807) is 7.11 Å². The Hall–Kier alpha value is -0.930. The number of hydrogen-bond acceptors (Lipinski definition) is 12. The predicted molar refractivity (Wildman–Crippen MR) is 167 cm³/mol. The number of carbonyl (C=O) groups is 1. The number of esters is 1. The smallest absolute Gasteiger partial charge is 0.309 e. The van der Waals surface area contributed by atoms with Crippen molar-refractivity contribution in [3.05, 3.63) is 0 Å². The van der Waals surface area contributed by atoms with E-state index in [9.17, 15) is 4.79 Å². The van der Waals surface area contributed by atoms with Crippen molar-refractivity contribution in [2.24, 2.45) is 16.7 Å². The van der Waals surface area contributed by atoms with Crippen LogP contribution in [0.2, 0.25) is 0 Å². The molecule has 0 aliphatic heterocycles. The molecule has 0 saturated carbocycles. The van der Waals surface area contributed by atoms with Gasteiger partial charge in [-0.25, -0.2) is 0 Å². The molecule has 264 valence electrons. The molecular weight excluding hydrogens is 576 g/mol. The molecule has 0 saturated heterocycles. The highest BCUT2D eigenvalue weighted by Gasteiger charge is 2.35. The Morgan fingerprint density at radius 2 is 0.682 bits per heavy atom. The van der Waals surface area contributed by atoms with E-state index < -0.39 is 0 Å². The van der Waals surface area contributed by atoms with E-state index in [1.807, 2.05) is 0 Å². The van der Waals surface area contributed by atoms with Crippen LogP contribution in [0.1, 0.15) is 48.0 Å². The van der Waals surface area contributed by atoms with Crippen molar-refractivity contribution in [3.8, 4) is 0 Å². The van der Waals surface area contributed by atoms with Crippen molar-refractivity contribution < 1.29 is 56.9 Å². The van der Waals surface area contributed by atoms with E-state index >= 15 is 0 Å². The van der Waals surface area contributed by atoms with Gasteiger partial charge in [0.25, 0.3) is 0 Å². The highest BCUT2D eigenvalue weighted by molar-refractivity contribution is 5.73. The van der Waals surface area contributed by atoms with Crippen LogP contribution in [0, 0.1) is 16.7 Å². The lowest BCUT2D eigenvalue weighted by atomic mass is 9.72. The lowest BCUT2D eigenvalue weighted by Gasteiger charge is -2.33. The third-order valence-corrected chi connectivity index (χ3v) is 6.03. The predicted octanol–water partition coefficient (Wildman–Crippen LogP) is 3.42. The van der Waals surface area contributed by atoms with Crippen LogP contribution in [0.3, 0.4) is 0 Å². The second kappa shape index (κ2) is 29.5. The van der Waals surface area contributed by atoms with Crippen LogP contribution >= 0.6 is 0 Å². The second-order valence-corrected chi connectivity index (χ2v) is 12.4. The maximum Gasteiger partial charge on any atom is 0.309 e. The summed E-state index contributed by atoms with van der Waals surface area (Å²) in [6.45, 7) is 22.5. The maximum atomic E-state index is 12.6. The molecule has 0 heterocycles. The quantitative estimate of drug-likeness (QED) is 0.0792. The van der Waals surface area contributed by atoms with Gasteiger partial charge in [-0.15, -0.1) is 0 Å². The van der Waals surface area contributed by atoms with Crippen molar-refractivity contribution in [2.45, 2.75) is 48.0 Å². The summed E-state index contributed by atoms with van der Waals surface area (Å²) >= 11 is 0. The summed E-state index contributed by atoms with van der Waals surface area (Å²) in [5.74, 6) is -0.300. The zero-order valence-electron chi connectivity index (χ0n) is 28.8. The normalized spacial score (nSPS) is 13.0. The first kappa shape index (κ1) is 43.1. The third kappa shape index (κ3) is 31.1. The fraction of sp³-hybridized carbons (Fsp3) is 0.969. The van der Waals surface area contributed by atoms with Crippen LogP contribution in [0.5, 0.6) is 0 Å². The largest absolute Gasteiger partial charge is 0.463 e. The van der Waals surface area contributed by atoms with Crippen molar-refractivity contribution in [3.63, 3.8) is 0 Å². The first-order chi connectivity index (χ1) is 21.1. The average molecular weight is 641 g/mol. The molecule has 0 aliphatic rings. The lowest BCUT2D eigenvalue weighted by Crippen LogP contribution is -2.34. The summed E-state index contributed by atoms with van der Waals surface area (Å²) in [6.07, 6.45) is 0.784. The number of ether oxygens (including phenoxy) is 11. The Morgan fingerprint density at radius 1 is 0.432 bits per heavy atom. The van der Waals surface area contributed by atoms with Crippen LogP contribution < -0.4 is 0 Å².